The minimum absolute atomic E-state index is 0.584. The normalized spacial score (nSPS) is 32.1. The molecule has 1 saturated heterocycles. The highest BCUT2D eigenvalue weighted by atomic mass is 15.3. The molecule has 3 heteroatoms. The summed E-state index contributed by atoms with van der Waals surface area (Å²) >= 11 is 0. The molecular weight excluding hydrogens is 234 g/mol. The summed E-state index contributed by atoms with van der Waals surface area (Å²) < 4.78 is 0. The smallest absolute Gasteiger partial charge is 0.0429 e. The van der Waals surface area contributed by atoms with E-state index in [1.54, 1.807) is 0 Å². The number of nitrogens with zero attached hydrogens (tertiary/aromatic N) is 2. The maximum absolute atomic E-state index is 3.67. The Balaban J connectivity index is 1.59. The number of rotatable bonds is 2. The molecule has 2 heterocycles. The number of benzene rings is 1. The summed E-state index contributed by atoms with van der Waals surface area (Å²) in [6.07, 6.45) is 1.17. The Kier molecular flexibility index (Phi) is 3.50. The molecule has 0 amide bonds. The number of para-hydroxylation sites is 1. The van der Waals surface area contributed by atoms with Crippen LogP contribution in [0.3, 0.4) is 0 Å². The van der Waals surface area contributed by atoms with Gasteiger partial charge in [0.1, 0.15) is 0 Å². The molecule has 104 valence electrons. The second kappa shape index (κ2) is 5.14. The summed E-state index contributed by atoms with van der Waals surface area (Å²) in [6.45, 7) is 8.21. The monoisotopic (exact) mass is 259 g/mol. The molecule has 0 aromatic heterocycles. The Labute approximate surface area is 116 Å². The van der Waals surface area contributed by atoms with Crippen molar-refractivity contribution in [3.63, 3.8) is 0 Å². The van der Waals surface area contributed by atoms with Crippen molar-refractivity contribution in [3.05, 3.63) is 29.8 Å². The van der Waals surface area contributed by atoms with Crippen LogP contribution in [0.1, 0.15) is 19.4 Å². The molecule has 1 aromatic carbocycles. The first-order chi connectivity index (χ1) is 9.13. The lowest BCUT2D eigenvalue weighted by atomic mass is 10.1. The van der Waals surface area contributed by atoms with Gasteiger partial charge in [-0.15, -0.1) is 0 Å². The fraction of sp³-hybridized carbons (Fsp3) is 0.625. The van der Waals surface area contributed by atoms with Crippen LogP contribution in [-0.2, 0) is 6.42 Å². The predicted octanol–water partition coefficient (Wildman–Crippen LogP) is 2.05. The number of nitrogens with one attached hydrogen (secondary N) is 1. The van der Waals surface area contributed by atoms with Gasteiger partial charge in [0.05, 0.1) is 0 Å². The van der Waals surface area contributed by atoms with E-state index < -0.39 is 0 Å². The maximum Gasteiger partial charge on any atom is 0.0429 e. The van der Waals surface area contributed by atoms with Crippen molar-refractivity contribution in [1.82, 2.24) is 9.80 Å². The molecule has 0 saturated carbocycles. The molecule has 1 N–H and O–H groups in total. The Morgan fingerprint density at radius 2 is 1.84 bits per heavy atom. The second-order valence-corrected chi connectivity index (χ2v) is 6.28. The molecule has 3 nitrogen and oxygen atoms in total. The third-order valence-electron chi connectivity index (χ3n) is 4.76. The van der Waals surface area contributed by atoms with Gasteiger partial charge in [-0.3, -0.25) is 9.80 Å². The molecule has 1 aromatic rings. The fourth-order valence-electron chi connectivity index (χ4n) is 3.46. The number of hydrogen-bond donors (Lipinski definition) is 1. The average molecular weight is 259 g/mol. The van der Waals surface area contributed by atoms with Crippen molar-refractivity contribution in [3.8, 4) is 0 Å². The molecule has 0 bridgehead atoms. The lowest BCUT2D eigenvalue weighted by Crippen LogP contribution is -2.56. The van der Waals surface area contributed by atoms with Crippen molar-refractivity contribution in [2.45, 2.75) is 38.4 Å². The number of likely N-dealkylation sites (N-methyl/N-ethyl adjacent to an activating group) is 1. The molecule has 2 aliphatic rings. The van der Waals surface area contributed by atoms with E-state index in [1.165, 1.54) is 30.8 Å². The minimum Gasteiger partial charge on any atom is -0.380 e. The third-order valence-corrected chi connectivity index (χ3v) is 4.76. The summed E-state index contributed by atoms with van der Waals surface area (Å²) in [4.78, 5) is 5.12. The number of anilines is 1. The molecular formula is C16H25N3. The van der Waals surface area contributed by atoms with Gasteiger partial charge in [0, 0.05) is 43.4 Å². The molecule has 19 heavy (non-hydrogen) atoms. The molecule has 3 rings (SSSR count). The van der Waals surface area contributed by atoms with Gasteiger partial charge in [0.15, 0.2) is 0 Å². The lowest BCUT2D eigenvalue weighted by Gasteiger charge is -2.43. The van der Waals surface area contributed by atoms with Crippen molar-refractivity contribution in [1.29, 1.82) is 0 Å². The van der Waals surface area contributed by atoms with Crippen LogP contribution in [0.5, 0.6) is 0 Å². The molecule has 0 radical (unpaired) electrons. The summed E-state index contributed by atoms with van der Waals surface area (Å²) in [5.74, 6) is 0. The topological polar surface area (TPSA) is 18.5 Å². The van der Waals surface area contributed by atoms with Crippen LogP contribution in [0.4, 0.5) is 5.69 Å². The van der Waals surface area contributed by atoms with Gasteiger partial charge in [0.2, 0.25) is 0 Å². The van der Waals surface area contributed by atoms with Crippen LogP contribution < -0.4 is 5.32 Å². The van der Waals surface area contributed by atoms with E-state index in [2.05, 4.69) is 60.3 Å². The van der Waals surface area contributed by atoms with E-state index in [4.69, 9.17) is 0 Å². The van der Waals surface area contributed by atoms with Crippen LogP contribution in [0.2, 0.25) is 0 Å². The van der Waals surface area contributed by atoms with E-state index in [1.807, 2.05) is 0 Å². The highest BCUT2D eigenvalue weighted by Gasteiger charge is 2.29. The van der Waals surface area contributed by atoms with E-state index >= 15 is 0 Å². The Bertz CT molecular complexity index is 408. The third kappa shape index (κ3) is 2.63. The summed E-state index contributed by atoms with van der Waals surface area (Å²) in [7, 11) is 2.25. The first-order valence-electron chi connectivity index (χ1n) is 7.42. The highest BCUT2D eigenvalue weighted by molar-refractivity contribution is 5.56. The summed E-state index contributed by atoms with van der Waals surface area (Å²) in [5.41, 5.74) is 2.81. The Morgan fingerprint density at radius 3 is 2.53 bits per heavy atom. The van der Waals surface area contributed by atoms with Crippen molar-refractivity contribution in [2.75, 3.05) is 32.0 Å². The van der Waals surface area contributed by atoms with Gasteiger partial charge >= 0.3 is 0 Å². The lowest BCUT2D eigenvalue weighted by molar-refractivity contribution is 0.0581. The van der Waals surface area contributed by atoms with Crippen LogP contribution >= 0.6 is 0 Å². The van der Waals surface area contributed by atoms with Crippen molar-refractivity contribution < 1.29 is 0 Å². The van der Waals surface area contributed by atoms with Crippen LogP contribution in [0.15, 0.2) is 24.3 Å². The molecule has 3 atom stereocenters. The van der Waals surface area contributed by atoms with E-state index in [0.29, 0.717) is 18.1 Å². The van der Waals surface area contributed by atoms with Crippen LogP contribution in [0.25, 0.3) is 0 Å². The number of hydrogen-bond acceptors (Lipinski definition) is 3. The van der Waals surface area contributed by atoms with Crippen molar-refractivity contribution >= 4 is 5.69 Å². The van der Waals surface area contributed by atoms with Gasteiger partial charge < -0.3 is 5.32 Å². The zero-order valence-electron chi connectivity index (χ0n) is 12.3. The number of fused-ring (bicyclic) bond motifs is 1. The molecule has 1 fully saturated rings. The fourth-order valence-corrected chi connectivity index (χ4v) is 3.46. The largest absolute Gasteiger partial charge is 0.380 e. The highest BCUT2D eigenvalue weighted by Crippen LogP contribution is 2.26. The summed E-state index contributed by atoms with van der Waals surface area (Å²) in [6, 6.07) is 10.6. The second-order valence-electron chi connectivity index (χ2n) is 6.28. The molecule has 0 spiro atoms. The standard InChI is InChI=1S/C16H25N3/c1-12-9-19(10-13(2)18(12)3)11-15-8-14-6-4-5-7-16(14)17-15/h4-7,12-13,15,17H,8-11H2,1-3H3. The van der Waals surface area contributed by atoms with E-state index in [-0.39, 0.29) is 0 Å². The minimum atomic E-state index is 0.584. The van der Waals surface area contributed by atoms with Crippen LogP contribution in [-0.4, -0.2) is 54.6 Å². The molecule has 2 aliphatic heterocycles. The Morgan fingerprint density at radius 1 is 1.16 bits per heavy atom. The Hall–Kier alpha value is -1.06. The van der Waals surface area contributed by atoms with Gasteiger partial charge in [-0.05, 0) is 38.9 Å². The first kappa shape index (κ1) is 12.9. The summed E-state index contributed by atoms with van der Waals surface area (Å²) in [5, 5.41) is 3.67. The van der Waals surface area contributed by atoms with Gasteiger partial charge in [-0.2, -0.15) is 0 Å². The van der Waals surface area contributed by atoms with Crippen molar-refractivity contribution in [2.24, 2.45) is 0 Å². The number of piperazine rings is 1. The zero-order chi connectivity index (χ0) is 13.4. The quantitative estimate of drug-likeness (QED) is 0.877. The SMILES string of the molecule is CC1CN(CC2Cc3ccccc3N2)CC(C)N1C. The molecule has 3 unspecified atom stereocenters. The maximum atomic E-state index is 3.67. The predicted molar refractivity (Wildman–Crippen MR) is 80.7 cm³/mol. The van der Waals surface area contributed by atoms with Crippen LogP contribution in [0, 0.1) is 0 Å². The van der Waals surface area contributed by atoms with E-state index in [0.717, 1.165) is 6.54 Å². The van der Waals surface area contributed by atoms with E-state index in [9.17, 15) is 0 Å². The molecule has 0 aliphatic carbocycles. The van der Waals surface area contributed by atoms with Gasteiger partial charge in [-0.1, -0.05) is 18.2 Å². The zero-order valence-corrected chi connectivity index (χ0v) is 12.3. The average Bonchev–Trinajstić information content (AvgIpc) is 2.78. The van der Waals surface area contributed by atoms with Gasteiger partial charge in [0.25, 0.3) is 0 Å². The van der Waals surface area contributed by atoms with Gasteiger partial charge in [-0.25, -0.2) is 0 Å². The first-order valence-corrected chi connectivity index (χ1v) is 7.42.